The minimum Gasteiger partial charge on any atom is -0.356 e. The number of para-hydroxylation sites is 2. The molecular formula is C37H32N4. The van der Waals surface area contributed by atoms with Crippen molar-refractivity contribution in [3.63, 3.8) is 0 Å². The molecule has 0 radical (unpaired) electrons. The van der Waals surface area contributed by atoms with E-state index in [1.165, 1.54) is 11.1 Å². The molecule has 0 unspecified atom stereocenters. The topological polar surface area (TPSA) is 48.1 Å². The summed E-state index contributed by atoms with van der Waals surface area (Å²) in [5.74, 6) is 0. The standard InChI is InChI=1S/C37H32N4/c1-3-7-30(8-4-1)38-34-19-23-36(24-20-34)40-32-15-11-28(12-16-32)27-29-13-17-33(18-14-29)41-37-25-21-35(22-26-37)39-31-9-5-2-6-10-31/h1-26,38-41H,27H2. The van der Waals surface area contributed by atoms with Crippen molar-refractivity contribution in [2.24, 2.45) is 0 Å². The van der Waals surface area contributed by atoms with E-state index in [-0.39, 0.29) is 0 Å². The Hall–Kier alpha value is -5.48. The van der Waals surface area contributed by atoms with Crippen molar-refractivity contribution in [1.29, 1.82) is 0 Å². The number of anilines is 8. The summed E-state index contributed by atoms with van der Waals surface area (Å²) in [5.41, 5.74) is 11.1. The molecule has 0 amide bonds. The average molecular weight is 533 g/mol. The van der Waals surface area contributed by atoms with Gasteiger partial charge in [0.25, 0.3) is 0 Å². The Labute approximate surface area is 241 Å². The van der Waals surface area contributed by atoms with Gasteiger partial charge in [0.05, 0.1) is 0 Å². The molecule has 0 saturated heterocycles. The zero-order valence-electron chi connectivity index (χ0n) is 22.7. The van der Waals surface area contributed by atoms with Gasteiger partial charge in [-0.15, -0.1) is 0 Å². The van der Waals surface area contributed by atoms with Crippen molar-refractivity contribution < 1.29 is 0 Å². The molecular weight excluding hydrogens is 500 g/mol. The highest BCUT2D eigenvalue weighted by molar-refractivity contribution is 5.67. The molecule has 4 nitrogen and oxygen atoms in total. The maximum Gasteiger partial charge on any atom is 0.0385 e. The van der Waals surface area contributed by atoms with Gasteiger partial charge in [-0.05, 0) is 115 Å². The van der Waals surface area contributed by atoms with Gasteiger partial charge in [-0.25, -0.2) is 0 Å². The highest BCUT2D eigenvalue weighted by Gasteiger charge is 2.02. The molecule has 0 saturated carbocycles. The second-order valence-electron chi connectivity index (χ2n) is 9.96. The van der Waals surface area contributed by atoms with Crippen LogP contribution in [0.25, 0.3) is 0 Å². The zero-order chi connectivity index (χ0) is 27.7. The van der Waals surface area contributed by atoms with E-state index in [1.54, 1.807) is 0 Å². The van der Waals surface area contributed by atoms with Crippen LogP contribution in [-0.2, 0) is 6.42 Å². The van der Waals surface area contributed by atoms with Crippen LogP contribution in [-0.4, -0.2) is 0 Å². The van der Waals surface area contributed by atoms with Crippen LogP contribution >= 0.6 is 0 Å². The Morgan fingerprint density at radius 3 is 0.732 bits per heavy atom. The van der Waals surface area contributed by atoms with Crippen molar-refractivity contribution in [1.82, 2.24) is 0 Å². The lowest BCUT2D eigenvalue weighted by Gasteiger charge is -2.11. The second-order valence-corrected chi connectivity index (χ2v) is 9.96. The van der Waals surface area contributed by atoms with Crippen molar-refractivity contribution in [2.75, 3.05) is 21.3 Å². The monoisotopic (exact) mass is 532 g/mol. The molecule has 0 aliphatic rings. The van der Waals surface area contributed by atoms with Crippen LogP contribution in [0.5, 0.6) is 0 Å². The maximum atomic E-state index is 3.49. The fourth-order valence-corrected chi connectivity index (χ4v) is 4.63. The summed E-state index contributed by atoms with van der Waals surface area (Å²) in [4.78, 5) is 0. The molecule has 0 atom stereocenters. The summed E-state index contributed by atoms with van der Waals surface area (Å²) in [6.45, 7) is 0. The lowest BCUT2D eigenvalue weighted by Crippen LogP contribution is -1.94. The van der Waals surface area contributed by atoms with Crippen LogP contribution < -0.4 is 21.3 Å². The van der Waals surface area contributed by atoms with E-state index in [0.717, 1.165) is 51.9 Å². The first-order valence-electron chi connectivity index (χ1n) is 13.8. The van der Waals surface area contributed by atoms with E-state index in [4.69, 9.17) is 0 Å². The van der Waals surface area contributed by atoms with E-state index >= 15 is 0 Å². The fourth-order valence-electron chi connectivity index (χ4n) is 4.63. The number of nitrogens with one attached hydrogen (secondary N) is 4. The largest absolute Gasteiger partial charge is 0.356 e. The van der Waals surface area contributed by atoms with Gasteiger partial charge in [-0.3, -0.25) is 0 Å². The second kappa shape index (κ2) is 12.6. The van der Waals surface area contributed by atoms with Crippen molar-refractivity contribution in [3.05, 3.63) is 169 Å². The molecule has 200 valence electrons. The highest BCUT2D eigenvalue weighted by atomic mass is 14.9. The van der Waals surface area contributed by atoms with E-state index in [0.29, 0.717) is 0 Å². The van der Waals surface area contributed by atoms with Gasteiger partial charge < -0.3 is 21.3 Å². The van der Waals surface area contributed by atoms with Crippen LogP contribution in [0.15, 0.2) is 158 Å². The van der Waals surface area contributed by atoms with Gasteiger partial charge in [-0.2, -0.15) is 0 Å². The minimum absolute atomic E-state index is 0.889. The van der Waals surface area contributed by atoms with Gasteiger partial charge in [0, 0.05) is 45.5 Å². The summed E-state index contributed by atoms with van der Waals surface area (Å²) in [7, 11) is 0. The predicted molar refractivity (Wildman–Crippen MR) is 175 cm³/mol. The van der Waals surface area contributed by atoms with Crippen LogP contribution in [0.2, 0.25) is 0 Å². The lowest BCUT2D eigenvalue weighted by atomic mass is 10.0. The molecule has 4 N–H and O–H groups in total. The Morgan fingerprint density at radius 2 is 0.463 bits per heavy atom. The van der Waals surface area contributed by atoms with E-state index in [9.17, 15) is 0 Å². The lowest BCUT2D eigenvalue weighted by molar-refractivity contribution is 1.19. The Kier molecular flexibility index (Phi) is 7.91. The Morgan fingerprint density at radius 1 is 0.244 bits per heavy atom. The fraction of sp³-hybridized carbons (Fsp3) is 0.0270. The highest BCUT2D eigenvalue weighted by Crippen LogP contribution is 2.24. The molecule has 0 aliphatic heterocycles. The number of benzene rings is 6. The Bertz CT molecular complexity index is 1520. The summed E-state index contributed by atoms with van der Waals surface area (Å²) < 4.78 is 0. The van der Waals surface area contributed by atoms with Gasteiger partial charge in [0.1, 0.15) is 0 Å². The first-order valence-corrected chi connectivity index (χ1v) is 13.8. The zero-order valence-corrected chi connectivity index (χ0v) is 22.7. The van der Waals surface area contributed by atoms with Gasteiger partial charge >= 0.3 is 0 Å². The van der Waals surface area contributed by atoms with Gasteiger partial charge in [-0.1, -0.05) is 60.7 Å². The third kappa shape index (κ3) is 7.34. The molecule has 0 fully saturated rings. The molecule has 4 heteroatoms. The maximum absolute atomic E-state index is 3.49. The van der Waals surface area contributed by atoms with Crippen LogP contribution in [0.1, 0.15) is 11.1 Å². The van der Waals surface area contributed by atoms with Crippen LogP contribution in [0, 0.1) is 0 Å². The SMILES string of the molecule is c1ccc(Nc2ccc(Nc3ccc(Cc4ccc(Nc5ccc(Nc6ccccc6)cc5)cc4)cc3)cc2)cc1. The molecule has 0 heterocycles. The van der Waals surface area contributed by atoms with Crippen molar-refractivity contribution in [3.8, 4) is 0 Å². The summed E-state index contributed by atoms with van der Waals surface area (Å²) in [5, 5.41) is 13.8. The number of hydrogen-bond acceptors (Lipinski definition) is 4. The molecule has 41 heavy (non-hydrogen) atoms. The van der Waals surface area contributed by atoms with Crippen molar-refractivity contribution >= 4 is 45.5 Å². The third-order valence-electron chi connectivity index (χ3n) is 6.79. The Balaban J connectivity index is 0.995. The number of rotatable bonds is 10. The van der Waals surface area contributed by atoms with E-state index in [2.05, 4.69) is 143 Å². The summed E-state index contributed by atoms with van der Waals surface area (Å²) in [6.07, 6.45) is 0.889. The normalized spacial score (nSPS) is 10.5. The van der Waals surface area contributed by atoms with Gasteiger partial charge in [0.2, 0.25) is 0 Å². The summed E-state index contributed by atoms with van der Waals surface area (Å²) in [6, 6.07) is 54.4. The smallest absolute Gasteiger partial charge is 0.0385 e. The molecule has 6 aromatic rings. The molecule has 0 bridgehead atoms. The first-order chi connectivity index (χ1) is 20.2. The molecule has 6 aromatic carbocycles. The quantitative estimate of drug-likeness (QED) is 0.142. The summed E-state index contributed by atoms with van der Waals surface area (Å²) >= 11 is 0. The van der Waals surface area contributed by atoms with Crippen molar-refractivity contribution in [2.45, 2.75) is 6.42 Å². The van der Waals surface area contributed by atoms with Crippen LogP contribution in [0.4, 0.5) is 45.5 Å². The minimum atomic E-state index is 0.889. The van der Waals surface area contributed by atoms with E-state index in [1.807, 2.05) is 36.4 Å². The van der Waals surface area contributed by atoms with E-state index < -0.39 is 0 Å². The third-order valence-corrected chi connectivity index (χ3v) is 6.79. The predicted octanol–water partition coefficient (Wildman–Crippen LogP) is 10.3. The molecule has 6 rings (SSSR count). The van der Waals surface area contributed by atoms with Gasteiger partial charge in [0.15, 0.2) is 0 Å². The molecule has 0 aromatic heterocycles. The van der Waals surface area contributed by atoms with Crippen LogP contribution in [0.3, 0.4) is 0 Å². The molecule has 0 spiro atoms. The first kappa shape index (κ1) is 25.8. The average Bonchev–Trinajstić information content (AvgIpc) is 3.02. The molecule has 0 aliphatic carbocycles. The number of hydrogen-bond donors (Lipinski definition) is 4.